The number of aromatic nitrogens is 2. The van der Waals surface area contributed by atoms with Gasteiger partial charge in [-0.05, 0) is 37.8 Å². The van der Waals surface area contributed by atoms with Gasteiger partial charge in [0.15, 0.2) is 12.2 Å². The van der Waals surface area contributed by atoms with Gasteiger partial charge in [0, 0.05) is 5.39 Å². The number of ether oxygens (including phenoxy) is 1. The van der Waals surface area contributed by atoms with E-state index in [2.05, 4.69) is 21.4 Å². The van der Waals surface area contributed by atoms with Crippen LogP contribution < -0.4 is 5.32 Å². The molecule has 1 aliphatic carbocycles. The SMILES string of the molecule is N#CC1(NC(=O)COC(=O)CSc2ncnc3c2oc2ccccc23)CCCC1. The number of rotatable bonds is 6. The molecular weight excluding hydrogens is 392 g/mol. The van der Waals surface area contributed by atoms with Gasteiger partial charge < -0.3 is 14.5 Å². The Morgan fingerprint density at radius 2 is 2.07 bits per heavy atom. The Hall–Kier alpha value is -3.12. The van der Waals surface area contributed by atoms with Crippen LogP contribution in [0.1, 0.15) is 25.7 Å². The van der Waals surface area contributed by atoms with Crippen LogP contribution in [-0.2, 0) is 14.3 Å². The fourth-order valence-electron chi connectivity index (χ4n) is 3.47. The molecule has 8 nitrogen and oxygen atoms in total. The molecule has 2 aromatic heterocycles. The molecule has 3 aromatic rings. The first-order valence-electron chi connectivity index (χ1n) is 9.23. The monoisotopic (exact) mass is 410 g/mol. The average Bonchev–Trinajstić information content (AvgIpc) is 3.36. The Labute approximate surface area is 170 Å². The summed E-state index contributed by atoms with van der Waals surface area (Å²) >= 11 is 1.16. The highest BCUT2D eigenvalue weighted by Gasteiger charge is 2.35. The average molecular weight is 410 g/mol. The molecule has 1 amide bonds. The zero-order valence-corrected chi connectivity index (χ0v) is 16.3. The van der Waals surface area contributed by atoms with E-state index in [0.717, 1.165) is 30.0 Å². The first-order valence-corrected chi connectivity index (χ1v) is 10.2. The van der Waals surface area contributed by atoms with Crippen molar-refractivity contribution in [2.75, 3.05) is 12.4 Å². The number of furan rings is 1. The zero-order valence-electron chi connectivity index (χ0n) is 15.5. The Morgan fingerprint density at radius 3 is 2.86 bits per heavy atom. The number of benzene rings is 1. The molecular formula is C20H18N4O4S. The first-order chi connectivity index (χ1) is 14.1. The minimum absolute atomic E-state index is 0.0279. The predicted octanol–water partition coefficient (Wildman–Crippen LogP) is 2.96. The molecule has 0 radical (unpaired) electrons. The fraction of sp³-hybridized carbons (Fsp3) is 0.350. The molecule has 1 aliphatic rings. The minimum Gasteiger partial charge on any atom is -0.455 e. The maximum absolute atomic E-state index is 12.1. The summed E-state index contributed by atoms with van der Waals surface area (Å²) in [4.78, 5) is 32.5. The summed E-state index contributed by atoms with van der Waals surface area (Å²) in [6.45, 7) is -0.410. The third-order valence-corrected chi connectivity index (χ3v) is 5.81. The van der Waals surface area contributed by atoms with Crippen molar-refractivity contribution in [2.45, 2.75) is 36.2 Å². The second-order valence-electron chi connectivity index (χ2n) is 6.85. The number of carbonyl (C=O) groups excluding carboxylic acids is 2. The quantitative estimate of drug-likeness (QED) is 0.374. The van der Waals surface area contributed by atoms with Gasteiger partial charge in [-0.15, -0.1) is 0 Å². The summed E-state index contributed by atoms with van der Waals surface area (Å²) in [5.41, 5.74) is 1.07. The van der Waals surface area contributed by atoms with Gasteiger partial charge in [-0.3, -0.25) is 9.59 Å². The van der Waals surface area contributed by atoms with Gasteiger partial charge in [0.25, 0.3) is 5.91 Å². The highest BCUT2D eigenvalue weighted by atomic mass is 32.2. The van der Waals surface area contributed by atoms with Gasteiger partial charge in [-0.2, -0.15) is 5.26 Å². The van der Waals surface area contributed by atoms with Crippen molar-refractivity contribution in [1.82, 2.24) is 15.3 Å². The summed E-state index contributed by atoms with van der Waals surface area (Å²) < 4.78 is 10.9. The summed E-state index contributed by atoms with van der Waals surface area (Å²) in [5.74, 6) is -1.04. The van der Waals surface area contributed by atoms with E-state index in [1.165, 1.54) is 6.33 Å². The molecule has 9 heteroatoms. The molecule has 2 heterocycles. The number of amides is 1. The zero-order chi connectivity index (χ0) is 20.3. The number of nitrogens with one attached hydrogen (secondary N) is 1. The lowest BCUT2D eigenvalue weighted by atomic mass is 10.00. The Morgan fingerprint density at radius 1 is 1.28 bits per heavy atom. The number of carbonyl (C=O) groups is 2. The third-order valence-electron chi connectivity index (χ3n) is 4.87. The van der Waals surface area contributed by atoms with Gasteiger partial charge in [-0.1, -0.05) is 23.9 Å². The molecule has 0 spiro atoms. The third kappa shape index (κ3) is 4.03. The molecule has 0 unspecified atom stereocenters. The topological polar surface area (TPSA) is 118 Å². The summed E-state index contributed by atoms with van der Waals surface area (Å²) in [7, 11) is 0. The second-order valence-corrected chi connectivity index (χ2v) is 7.82. The van der Waals surface area contributed by atoms with Gasteiger partial charge in [0.05, 0.1) is 11.8 Å². The highest BCUT2D eigenvalue weighted by molar-refractivity contribution is 8.00. The molecule has 1 fully saturated rings. The molecule has 1 N–H and O–H groups in total. The molecule has 0 aliphatic heterocycles. The largest absolute Gasteiger partial charge is 0.455 e. The van der Waals surface area contributed by atoms with E-state index >= 15 is 0 Å². The van der Waals surface area contributed by atoms with Gasteiger partial charge in [-0.25, -0.2) is 9.97 Å². The molecule has 1 aromatic carbocycles. The molecule has 4 rings (SSSR count). The maximum atomic E-state index is 12.1. The summed E-state index contributed by atoms with van der Waals surface area (Å²) in [6.07, 6.45) is 4.48. The van der Waals surface area contributed by atoms with Crippen molar-refractivity contribution in [2.24, 2.45) is 0 Å². The molecule has 1 saturated carbocycles. The van der Waals surface area contributed by atoms with Crippen LogP contribution in [0.3, 0.4) is 0 Å². The molecule has 29 heavy (non-hydrogen) atoms. The van der Waals surface area contributed by atoms with Crippen LogP contribution in [0.2, 0.25) is 0 Å². The normalized spacial score (nSPS) is 15.3. The number of nitrogens with zero attached hydrogens (tertiary/aromatic N) is 3. The fourth-order valence-corrected chi connectivity index (χ4v) is 4.20. The van der Waals surface area contributed by atoms with E-state index in [4.69, 9.17) is 9.15 Å². The lowest BCUT2D eigenvalue weighted by Gasteiger charge is -2.21. The van der Waals surface area contributed by atoms with Crippen LogP contribution in [0.25, 0.3) is 22.1 Å². The Kier molecular flexibility index (Phi) is 5.36. The smallest absolute Gasteiger partial charge is 0.316 e. The van der Waals surface area contributed by atoms with Crippen molar-refractivity contribution in [3.8, 4) is 6.07 Å². The molecule has 0 atom stereocenters. The predicted molar refractivity (Wildman–Crippen MR) is 106 cm³/mol. The Balaban J connectivity index is 1.34. The number of esters is 1. The number of fused-ring (bicyclic) bond motifs is 3. The number of para-hydroxylation sites is 1. The highest BCUT2D eigenvalue weighted by Crippen LogP contribution is 2.32. The van der Waals surface area contributed by atoms with Crippen LogP contribution in [0.5, 0.6) is 0 Å². The van der Waals surface area contributed by atoms with Crippen LogP contribution in [-0.4, -0.2) is 39.7 Å². The van der Waals surface area contributed by atoms with Gasteiger partial charge >= 0.3 is 5.97 Å². The van der Waals surface area contributed by atoms with E-state index in [1.807, 2.05) is 24.3 Å². The first kappa shape index (κ1) is 19.2. The lowest BCUT2D eigenvalue weighted by molar-refractivity contribution is -0.146. The standard InChI is InChI=1S/C20H18N4O4S/c21-11-20(7-3-4-8-20)24-15(25)9-27-16(26)10-29-19-18-17(22-12-23-19)13-5-1-2-6-14(13)28-18/h1-2,5-6,12H,3-4,7-10H2,(H,24,25). The molecule has 0 bridgehead atoms. The van der Waals surface area contributed by atoms with E-state index in [0.29, 0.717) is 34.6 Å². The number of nitriles is 1. The Bertz CT molecular complexity index is 1110. The summed E-state index contributed by atoms with van der Waals surface area (Å²) in [5, 5.41) is 13.4. The van der Waals surface area contributed by atoms with Crippen molar-refractivity contribution in [3.63, 3.8) is 0 Å². The van der Waals surface area contributed by atoms with E-state index < -0.39 is 24.0 Å². The molecule has 148 valence electrons. The van der Waals surface area contributed by atoms with E-state index in [1.54, 1.807) is 0 Å². The second kappa shape index (κ2) is 8.09. The number of hydrogen-bond donors (Lipinski definition) is 1. The van der Waals surface area contributed by atoms with Gasteiger partial charge in [0.2, 0.25) is 0 Å². The van der Waals surface area contributed by atoms with Crippen LogP contribution in [0.4, 0.5) is 0 Å². The van der Waals surface area contributed by atoms with Crippen LogP contribution in [0.15, 0.2) is 40.0 Å². The van der Waals surface area contributed by atoms with Crippen molar-refractivity contribution >= 4 is 45.7 Å². The lowest BCUT2D eigenvalue weighted by Crippen LogP contribution is -2.46. The van der Waals surface area contributed by atoms with Crippen molar-refractivity contribution in [1.29, 1.82) is 5.26 Å². The number of thioether (sulfide) groups is 1. The van der Waals surface area contributed by atoms with Crippen LogP contribution >= 0.6 is 11.8 Å². The number of hydrogen-bond acceptors (Lipinski definition) is 8. The molecule has 0 saturated heterocycles. The van der Waals surface area contributed by atoms with Crippen molar-refractivity contribution in [3.05, 3.63) is 30.6 Å². The summed E-state index contributed by atoms with van der Waals surface area (Å²) in [6, 6.07) is 9.69. The maximum Gasteiger partial charge on any atom is 0.316 e. The minimum atomic E-state index is -0.827. The van der Waals surface area contributed by atoms with E-state index in [-0.39, 0.29) is 5.75 Å². The van der Waals surface area contributed by atoms with Crippen LogP contribution in [0, 0.1) is 11.3 Å². The van der Waals surface area contributed by atoms with E-state index in [9.17, 15) is 14.9 Å². The van der Waals surface area contributed by atoms with Crippen molar-refractivity contribution < 1.29 is 18.7 Å². The van der Waals surface area contributed by atoms with Gasteiger partial charge in [0.1, 0.15) is 28.0 Å².